The highest BCUT2D eigenvalue weighted by atomic mass is 16.1. The van der Waals surface area contributed by atoms with Gasteiger partial charge in [-0.05, 0) is 12.8 Å². The van der Waals surface area contributed by atoms with Gasteiger partial charge in [-0.15, -0.1) is 0 Å². The van der Waals surface area contributed by atoms with Crippen LogP contribution in [0.4, 0.5) is 0 Å². The minimum atomic E-state index is -0.154. The first kappa shape index (κ1) is 36.9. The van der Waals surface area contributed by atoms with Crippen LogP contribution in [0.3, 0.4) is 0 Å². The van der Waals surface area contributed by atoms with Gasteiger partial charge in [0.25, 0.3) is 0 Å². The molecule has 0 radical (unpaired) electrons. The highest BCUT2D eigenvalue weighted by Gasteiger charge is 1.98. The Labute approximate surface area is 238 Å². The lowest BCUT2D eigenvalue weighted by Crippen LogP contribution is -2.09. The molecule has 0 spiro atoms. The van der Waals surface area contributed by atoms with E-state index in [-0.39, 0.29) is 11.8 Å². The molecule has 0 bridgehead atoms. The van der Waals surface area contributed by atoms with Crippen molar-refractivity contribution in [1.82, 2.24) is 0 Å². The van der Waals surface area contributed by atoms with Gasteiger partial charge >= 0.3 is 0 Å². The van der Waals surface area contributed by atoms with Gasteiger partial charge in [0.15, 0.2) is 0 Å². The second kappa shape index (κ2) is 32.2. The van der Waals surface area contributed by atoms with Crippen LogP contribution < -0.4 is 11.5 Å². The lowest BCUT2D eigenvalue weighted by Gasteiger charge is -2.04. The fourth-order valence-corrected chi connectivity index (χ4v) is 5.55. The Kier molecular flexibility index (Phi) is 31.3. The Morgan fingerprint density at radius 2 is 0.342 bits per heavy atom. The second-order valence-electron chi connectivity index (χ2n) is 12.0. The van der Waals surface area contributed by atoms with Crippen LogP contribution in [-0.4, -0.2) is 11.8 Å². The van der Waals surface area contributed by atoms with Gasteiger partial charge in [-0.25, -0.2) is 0 Å². The van der Waals surface area contributed by atoms with Crippen LogP contribution in [0.2, 0.25) is 0 Å². The van der Waals surface area contributed by atoms with E-state index in [4.69, 9.17) is 11.5 Å². The first-order valence-corrected chi connectivity index (χ1v) is 17.2. The van der Waals surface area contributed by atoms with Crippen molar-refractivity contribution in [3.8, 4) is 0 Å². The summed E-state index contributed by atoms with van der Waals surface area (Å²) in [6.45, 7) is 0. The lowest BCUT2D eigenvalue weighted by molar-refractivity contribution is -0.119. The molecule has 0 aliphatic rings. The van der Waals surface area contributed by atoms with Gasteiger partial charge in [0, 0.05) is 12.8 Å². The summed E-state index contributed by atoms with van der Waals surface area (Å²) >= 11 is 0. The van der Waals surface area contributed by atoms with Gasteiger partial charge in [-0.2, -0.15) is 0 Å². The van der Waals surface area contributed by atoms with Crippen molar-refractivity contribution in [3.63, 3.8) is 0 Å². The Balaban J connectivity index is 3.04. The van der Waals surface area contributed by atoms with Crippen molar-refractivity contribution >= 4 is 11.8 Å². The average molecular weight is 537 g/mol. The summed E-state index contributed by atoms with van der Waals surface area (Å²) in [4.78, 5) is 21.4. The van der Waals surface area contributed by atoms with Gasteiger partial charge in [0.1, 0.15) is 0 Å². The number of carbonyl (C=O) groups is 2. The SMILES string of the molecule is NC(=O)CCCCCCCCCCCCCCCCCCCCCCCCCCCCCCCCC(N)=O. The number of amides is 2. The van der Waals surface area contributed by atoms with Crippen molar-refractivity contribution in [1.29, 1.82) is 0 Å². The highest BCUT2D eigenvalue weighted by molar-refractivity contribution is 5.73. The molecule has 0 saturated carbocycles. The molecular weight excluding hydrogens is 468 g/mol. The normalized spacial score (nSPS) is 11.3. The van der Waals surface area contributed by atoms with E-state index in [1.807, 2.05) is 0 Å². The Hall–Kier alpha value is -1.06. The summed E-state index contributed by atoms with van der Waals surface area (Å²) in [5, 5.41) is 0. The summed E-state index contributed by atoms with van der Waals surface area (Å²) in [5.41, 5.74) is 10.3. The van der Waals surface area contributed by atoms with E-state index in [2.05, 4.69) is 0 Å². The maximum atomic E-state index is 10.7. The molecule has 0 aromatic rings. The molecule has 4 heteroatoms. The van der Waals surface area contributed by atoms with Crippen LogP contribution in [0.15, 0.2) is 0 Å². The molecule has 0 aromatic carbocycles. The molecule has 0 aliphatic heterocycles. The van der Waals surface area contributed by atoms with Crippen molar-refractivity contribution in [3.05, 3.63) is 0 Å². The van der Waals surface area contributed by atoms with Crippen molar-refractivity contribution in [2.75, 3.05) is 0 Å². The summed E-state index contributed by atoms with van der Waals surface area (Å²) in [7, 11) is 0. The number of rotatable bonds is 33. The fraction of sp³-hybridized carbons (Fsp3) is 0.941. The maximum absolute atomic E-state index is 10.7. The lowest BCUT2D eigenvalue weighted by atomic mass is 10.0. The minimum Gasteiger partial charge on any atom is -0.370 e. The van der Waals surface area contributed by atoms with Crippen LogP contribution in [0, 0.1) is 0 Å². The van der Waals surface area contributed by atoms with Crippen LogP contribution in [0.5, 0.6) is 0 Å². The van der Waals surface area contributed by atoms with Crippen LogP contribution in [0.1, 0.15) is 205 Å². The Morgan fingerprint density at radius 1 is 0.237 bits per heavy atom. The number of carbonyl (C=O) groups excluding carboxylic acids is 2. The van der Waals surface area contributed by atoms with Gasteiger partial charge in [-0.3, -0.25) is 9.59 Å². The quantitative estimate of drug-likeness (QED) is 0.0817. The third-order valence-corrected chi connectivity index (χ3v) is 8.10. The molecule has 0 fully saturated rings. The Morgan fingerprint density at radius 3 is 0.447 bits per heavy atom. The summed E-state index contributed by atoms with van der Waals surface area (Å²) in [6.07, 6.45) is 41.9. The molecule has 0 unspecified atom stereocenters. The number of primary amides is 2. The van der Waals surface area contributed by atoms with Crippen LogP contribution in [-0.2, 0) is 9.59 Å². The molecule has 2 amide bonds. The zero-order valence-electron chi connectivity index (χ0n) is 25.6. The largest absolute Gasteiger partial charge is 0.370 e. The topological polar surface area (TPSA) is 86.2 Å². The first-order valence-electron chi connectivity index (χ1n) is 17.2. The first-order chi connectivity index (χ1) is 18.6. The summed E-state index contributed by atoms with van der Waals surface area (Å²) in [5.74, 6) is -0.307. The smallest absolute Gasteiger partial charge is 0.217 e. The average Bonchev–Trinajstić information content (AvgIpc) is 2.89. The van der Waals surface area contributed by atoms with Gasteiger partial charge < -0.3 is 11.5 Å². The molecule has 0 aromatic heterocycles. The molecule has 4 nitrogen and oxygen atoms in total. The van der Waals surface area contributed by atoms with Crippen LogP contribution >= 0.6 is 0 Å². The van der Waals surface area contributed by atoms with E-state index >= 15 is 0 Å². The van der Waals surface area contributed by atoms with Gasteiger partial charge in [0.05, 0.1) is 0 Å². The number of nitrogens with two attached hydrogens (primary N) is 2. The van der Waals surface area contributed by atoms with E-state index in [9.17, 15) is 9.59 Å². The molecule has 38 heavy (non-hydrogen) atoms. The zero-order chi connectivity index (χ0) is 27.8. The predicted octanol–water partition coefficient (Wildman–Crippen LogP) is 10.4. The molecule has 226 valence electrons. The third kappa shape index (κ3) is 34.9. The van der Waals surface area contributed by atoms with Crippen molar-refractivity contribution in [2.24, 2.45) is 11.5 Å². The molecule has 0 rings (SSSR count). The van der Waals surface area contributed by atoms with Gasteiger partial charge in [0.2, 0.25) is 11.8 Å². The van der Waals surface area contributed by atoms with Crippen molar-refractivity contribution in [2.45, 2.75) is 205 Å². The number of hydrogen-bond acceptors (Lipinski definition) is 2. The van der Waals surface area contributed by atoms with Gasteiger partial charge in [-0.1, -0.05) is 180 Å². The second-order valence-corrected chi connectivity index (χ2v) is 12.0. The van der Waals surface area contributed by atoms with E-state index in [0.29, 0.717) is 12.8 Å². The zero-order valence-corrected chi connectivity index (χ0v) is 25.6. The number of unbranched alkanes of at least 4 members (excludes halogenated alkanes) is 29. The predicted molar refractivity (Wildman–Crippen MR) is 166 cm³/mol. The Bertz CT molecular complexity index is 451. The molecular formula is C34H68N2O2. The molecule has 0 heterocycles. The molecule has 0 saturated heterocycles. The van der Waals surface area contributed by atoms with E-state index in [1.165, 1.54) is 167 Å². The monoisotopic (exact) mass is 537 g/mol. The molecule has 4 N–H and O–H groups in total. The standard InChI is InChI=1S/C34H68N2O2/c35-33(37)31-29-27-25-23-21-19-17-15-13-11-9-7-5-3-1-2-4-6-8-10-12-14-16-18-20-22-24-26-28-30-32-34(36)38/h1-32H2,(H2,35,37)(H2,36,38). The van der Waals surface area contributed by atoms with E-state index < -0.39 is 0 Å². The van der Waals surface area contributed by atoms with Crippen LogP contribution in [0.25, 0.3) is 0 Å². The van der Waals surface area contributed by atoms with E-state index in [0.717, 1.165) is 25.7 Å². The summed E-state index contributed by atoms with van der Waals surface area (Å²) in [6, 6.07) is 0. The van der Waals surface area contributed by atoms with Crippen molar-refractivity contribution < 1.29 is 9.59 Å². The third-order valence-electron chi connectivity index (χ3n) is 8.10. The number of hydrogen-bond donors (Lipinski definition) is 2. The highest BCUT2D eigenvalue weighted by Crippen LogP contribution is 2.16. The minimum absolute atomic E-state index is 0.154. The molecule has 0 atom stereocenters. The van der Waals surface area contributed by atoms with E-state index in [1.54, 1.807) is 0 Å². The maximum Gasteiger partial charge on any atom is 0.217 e. The molecule has 0 aliphatic carbocycles. The summed E-state index contributed by atoms with van der Waals surface area (Å²) < 4.78 is 0. The fourth-order valence-electron chi connectivity index (χ4n) is 5.55.